The van der Waals surface area contributed by atoms with Crippen LogP contribution in [0.15, 0.2) is 64.1 Å². The number of rotatable bonds is 4. The molecule has 0 bridgehead atoms. The Balaban J connectivity index is 1.68. The minimum atomic E-state index is -0.317. The van der Waals surface area contributed by atoms with Crippen molar-refractivity contribution in [2.75, 3.05) is 10.7 Å². The summed E-state index contributed by atoms with van der Waals surface area (Å²) in [6.07, 6.45) is 1.53. The van der Waals surface area contributed by atoms with Crippen molar-refractivity contribution in [2.24, 2.45) is 10.5 Å². The van der Waals surface area contributed by atoms with E-state index in [2.05, 4.69) is 29.7 Å². The molecule has 0 fully saturated rings. The predicted octanol–water partition coefficient (Wildman–Crippen LogP) is 6.28. The predicted molar refractivity (Wildman–Crippen MR) is 122 cm³/mol. The molecule has 0 atom stereocenters. The Morgan fingerprint density at radius 3 is 2.50 bits per heavy atom. The summed E-state index contributed by atoms with van der Waals surface area (Å²) < 4.78 is 6.06. The number of nitrogens with one attached hydrogen (secondary N) is 2. The van der Waals surface area contributed by atoms with Crippen LogP contribution in [0.5, 0.6) is 0 Å². The van der Waals surface area contributed by atoms with E-state index in [1.807, 2.05) is 49.4 Å². The minimum Gasteiger partial charge on any atom is -0.455 e. The zero-order valence-electron chi connectivity index (χ0n) is 17.3. The van der Waals surface area contributed by atoms with E-state index >= 15 is 0 Å². The maximum atomic E-state index is 12.9. The van der Waals surface area contributed by atoms with E-state index in [-0.39, 0.29) is 11.3 Å². The van der Waals surface area contributed by atoms with E-state index in [1.54, 1.807) is 12.1 Å². The van der Waals surface area contributed by atoms with Gasteiger partial charge in [-0.2, -0.15) is 5.10 Å². The third-order valence-electron chi connectivity index (χ3n) is 5.22. The summed E-state index contributed by atoms with van der Waals surface area (Å²) in [5.74, 6) is 0.773. The van der Waals surface area contributed by atoms with Crippen LogP contribution < -0.4 is 10.7 Å². The van der Waals surface area contributed by atoms with Gasteiger partial charge >= 0.3 is 0 Å². The standard InChI is InChI=1S/C24H24ClN3O2/c1-15-21-19(28-27-16-9-5-4-6-10-16)13-24(2,3)14-20(21)30-22(15)23(29)26-18-12-8-7-11-17(18)25/h4-12,27H,13-14H2,1-3H3,(H,26,29)/b28-19-. The van der Waals surface area contributed by atoms with Gasteiger partial charge in [0.25, 0.3) is 5.91 Å². The third kappa shape index (κ3) is 4.12. The average Bonchev–Trinajstić information content (AvgIpc) is 3.04. The summed E-state index contributed by atoms with van der Waals surface area (Å²) in [5, 5.41) is 8.01. The van der Waals surface area contributed by atoms with Crippen molar-refractivity contribution >= 4 is 34.6 Å². The lowest BCUT2D eigenvalue weighted by Crippen LogP contribution is -2.27. The molecule has 154 valence electrons. The van der Waals surface area contributed by atoms with E-state index < -0.39 is 0 Å². The molecule has 6 heteroatoms. The normalized spacial score (nSPS) is 16.2. The maximum absolute atomic E-state index is 12.9. The lowest BCUT2D eigenvalue weighted by molar-refractivity contribution is 0.0993. The van der Waals surface area contributed by atoms with Crippen LogP contribution in [0.3, 0.4) is 0 Å². The summed E-state index contributed by atoms with van der Waals surface area (Å²) in [6.45, 7) is 6.25. The summed E-state index contributed by atoms with van der Waals surface area (Å²) >= 11 is 6.18. The number of carbonyl (C=O) groups excluding carboxylic acids is 1. The van der Waals surface area contributed by atoms with E-state index in [0.29, 0.717) is 16.5 Å². The van der Waals surface area contributed by atoms with Gasteiger partial charge < -0.3 is 9.73 Å². The van der Waals surface area contributed by atoms with Gasteiger partial charge in [0.1, 0.15) is 5.76 Å². The highest BCUT2D eigenvalue weighted by Gasteiger charge is 2.36. The topological polar surface area (TPSA) is 66.6 Å². The first-order valence-electron chi connectivity index (χ1n) is 9.90. The molecule has 30 heavy (non-hydrogen) atoms. The number of furan rings is 1. The lowest BCUT2D eigenvalue weighted by atomic mass is 9.75. The molecule has 1 heterocycles. The Morgan fingerprint density at radius 1 is 1.07 bits per heavy atom. The van der Waals surface area contributed by atoms with Crippen LogP contribution in [0.4, 0.5) is 11.4 Å². The molecule has 1 aliphatic carbocycles. The van der Waals surface area contributed by atoms with Gasteiger partial charge in [-0.3, -0.25) is 10.2 Å². The first-order chi connectivity index (χ1) is 14.3. The second kappa shape index (κ2) is 8.00. The van der Waals surface area contributed by atoms with Gasteiger partial charge in [0.2, 0.25) is 0 Å². The minimum absolute atomic E-state index is 0.0228. The summed E-state index contributed by atoms with van der Waals surface area (Å²) in [7, 11) is 0. The second-order valence-corrected chi connectivity index (χ2v) is 8.75. The molecule has 1 aliphatic rings. The van der Waals surface area contributed by atoms with Crippen molar-refractivity contribution in [3.8, 4) is 0 Å². The molecule has 1 aromatic heterocycles. The number of benzene rings is 2. The highest BCUT2D eigenvalue weighted by molar-refractivity contribution is 6.33. The van der Waals surface area contributed by atoms with Crippen molar-refractivity contribution in [2.45, 2.75) is 33.6 Å². The molecule has 0 saturated heterocycles. The van der Waals surface area contributed by atoms with Crippen molar-refractivity contribution < 1.29 is 9.21 Å². The molecule has 5 nitrogen and oxygen atoms in total. The smallest absolute Gasteiger partial charge is 0.291 e. The lowest BCUT2D eigenvalue weighted by Gasteiger charge is -2.29. The Morgan fingerprint density at radius 2 is 1.77 bits per heavy atom. The molecular formula is C24H24ClN3O2. The van der Waals surface area contributed by atoms with E-state index in [9.17, 15) is 4.79 Å². The molecule has 0 unspecified atom stereocenters. The quantitative estimate of drug-likeness (QED) is 0.487. The number of hydrogen-bond donors (Lipinski definition) is 2. The van der Waals surface area contributed by atoms with Gasteiger partial charge in [-0.15, -0.1) is 0 Å². The fraction of sp³-hybridized carbons (Fsp3) is 0.250. The molecule has 4 rings (SSSR count). The van der Waals surface area contributed by atoms with Gasteiger partial charge in [0.15, 0.2) is 5.76 Å². The number of para-hydroxylation sites is 2. The number of halogens is 1. The number of fused-ring (bicyclic) bond motifs is 1. The first-order valence-corrected chi connectivity index (χ1v) is 10.3. The molecule has 2 N–H and O–H groups in total. The van der Waals surface area contributed by atoms with Crippen molar-refractivity contribution in [3.63, 3.8) is 0 Å². The monoisotopic (exact) mass is 421 g/mol. The zero-order valence-corrected chi connectivity index (χ0v) is 18.0. The van der Waals surface area contributed by atoms with Gasteiger partial charge in [-0.1, -0.05) is 55.8 Å². The van der Waals surface area contributed by atoms with Crippen LogP contribution in [0.1, 0.15) is 47.7 Å². The van der Waals surface area contributed by atoms with Crippen LogP contribution in [0.25, 0.3) is 0 Å². The Hall–Kier alpha value is -3.05. The molecule has 0 spiro atoms. The second-order valence-electron chi connectivity index (χ2n) is 8.34. The Bertz CT molecular complexity index is 1120. The Kier molecular flexibility index (Phi) is 5.39. The van der Waals surface area contributed by atoms with Crippen LogP contribution >= 0.6 is 11.6 Å². The number of carbonyl (C=O) groups is 1. The molecular weight excluding hydrogens is 398 g/mol. The van der Waals surface area contributed by atoms with Crippen LogP contribution in [0, 0.1) is 12.3 Å². The molecule has 3 aromatic rings. The fourth-order valence-electron chi connectivity index (χ4n) is 3.81. The molecule has 2 aromatic carbocycles. The SMILES string of the molecule is Cc1c(C(=O)Nc2ccccc2Cl)oc2c1/C(=N\Nc1ccccc1)CC(C)(C)C2. The summed E-state index contributed by atoms with van der Waals surface area (Å²) in [4.78, 5) is 12.9. The zero-order chi connectivity index (χ0) is 21.3. The number of anilines is 2. The number of hydrazone groups is 1. The van der Waals surface area contributed by atoms with Crippen LogP contribution in [0.2, 0.25) is 5.02 Å². The van der Waals surface area contributed by atoms with Gasteiger partial charge in [-0.25, -0.2) is 0 Å². The Labute approximate surface area is 181 Å². The van der Waals surface area contributed by atoms with Gasteiger partial charge in [0, 0.05) is 17.5 Å². The fourth-order valence-corrected chi connectivity index (χ4v) is 4.00. The molecule has 1 amide bonds. The van der Waals surface area contributed by atoms with E-state index in [1.165, 1.54) is 0 Å². The average molecular weight is 422 g/mol. The highest BCUT2D eigenvalue weighted by atomic mass is 35.5. The van der Waals surface area contributed by atoms with Crippen molar-refractivity contribution in [3.05, 3.63) is 82.3 Å². The largest absolute Gasteiger partial charge is 0.455 e. The third-order valence-corrected chi connectivity index (χ3v) is 5.55. The number of amides is 1. The summed E-state index contributed by atoms with van der Waals surface area (Å²) in [5.41, 5.74) is 7.18. The van der Waals surface area contributed by atoms with Crippen molar-refractivity contribution in [1.29, 1.82) is 0 Å². The molecule has 0 saturated carbocycles. The summed E-state index contributed by atoms with van der Waals surface area (Å²) in [6, 6.07) is 16.9. The van der Waals surface area contributed by atoms with Crippen LogP contribution in [-0.2, 0) is 6.42 Å². The van der Waals surface area contributed by atoms with E-state index in [0.717, 1.165) is 41.1 Å². The van der Waals surface area contributed by atoms with E-state index in [4.69, 9.17) is 16.0 Å². The highest BCUT2D eigenvalue weighted by Crippen LogP contribution is 2.39. The van der Waals surface area contributed by atoms with Gasteiger partial charge in [0.05, 0.1) is 22.1 Å². The van der Waals surface area contributed by atoms with Crippen molar-refractivity contribution in [1.82, 2.24) is 0 Å². The number of nitrogens with zero attached hydrogens (tertiary/aromatic N) is 1. The maximum Gasteiger partial charge on any atom is 0.291 e. The van der Waals surface area contributed by atoms with Crippen LogP contribution in [-0.4, -0.2) is 11.6 Å². The molecule has 0 aliphatic heterocycles. The molecule has 0 radical (unpaired) electrons. The van der Waals surface area contributed by atoms with Gasteiger partial charge in [-0.05, 0) is 43.0 Å². The number of hydrogen-bond acceptors (Lipinski definition) is 4. The first kappa shape index (κ1) is 20.2.